The van der Waals surface area contributed by atoms with E-state index < -0.39 is 23.5 Å². The summed E-state index contributed by atoms with van der Waals surface area (Å²) >= 11 is 0. The van der Waals surface area contributed by atoms with Gasteiger partial charge in [-0.05, 0) is 17.4 Å². The summed E-state index contributed by atoms with van der Waals surface area (Å²) in [6.07, 6.45) is 2.98. The van der Waals surface area contributed by atoms with Gasteiger partial charge in [0.2, 0.25) is 11.8 Å². The van der Waals surface area contributed by atoms with Gasteiger partial charge in [-0.15, -0.1) is 0 Å². The van der Waals surface area contributed by atoms with E-state index in [4.69, 9.17) is 4.74 Å². The molecule has 0 aliphatic heterocycles. The summed E-state index contributed by atoms with van der Waals surface area (Å²) in [5.74, 6) is -0.811. The first-order valence-corrected chi connectivity index (χ1v) is 11.0. The van der Waals surface area contributed by atoms with E-state index in [0.29, 0.717) is 6.42 Å². The second-order valence-electron chi connectivity index (χ2n) is 9.18. The Balaban J connectivity index is 2.73. The van der Waals surface area contributed by atoms with Crippen molar-refractivity contribution in [1.29, 1.82) is 0 Å². The lowest BCUT2D eigenvalue weighted by Crippen LogP contribution is -2.55. The normalized spacial score (nSPS) is 13.1. The van der Waals surface area contributed by atoms with Crippen molar-refractivity contribution in [2.45, 2.75) is 66.0 Å². The highest BCUT2D eigenvalue weighted by molar-refractivity contribution is 5.89. The molecule has 0 bridgehead atoms. The molecule has 31 heavy (non-hydrogen) atoms. The smallest absolute Gasteiger partial charge is 0.407 e. The van der Waals surface area contributed by atoms with E-state index in [1.165, 1.54) is 4.90 Å². The molecule has 1 aromatic carbocycles. The van der Waals surface area contributed by atoms with Crippen LogP contribution in [0.3, 0.4) is 0 Å². The third-order valence-corrected chi connectivity index (χ3v) is 5.07. The maximum absolute atomic E-state index is 13.0. The molecule has 1 rings (SSSR count). The van der Waals surface area contributed by atoms with Crippen molar-refractivity contribution in [2.24, 2.45) is 11.3 Å². The van der Waals surface area contributed by atoms with Gasteiger partial charge in [0.05, 0.1) is 5.92 Å². The minimum atomic E-state index is -0.645. The van der Waals surface area contributed by atoms with Crippen LogP contribution in [0.15, 0.2) is 30.3 Å². The van der Waals surface area contributed by atoms with Crippen LogP contribution >= 0.6 is 0 Å². The minimum absolute atomic E-state index is 0.150. The van der Waals surface area contributed by atoms with Crippen LogP contribution in [0.1, 0.15) is 58.9 Å². The number of carbonyl (C=O) groups is 3. The van der Waals surface area contributed by atoms with Crippen LogP contribution in [0.5, 0.6) is 0 Å². The third-order valence-electron chi connectivity index (χ3n) is 5.07. The van der Waals surface area contributed by atoms with Gasteiger partial charge in [-0.1, -0.05) is 77.3 Å². The predicted molar refractivity (Wildman–Crippen MR) is 122 cm³/mol. The molecule has 7 heteroatoms. The molecular weight excluding hydrogens is 394 g/mol. The van der Waals surface area contributed by atoms with Crippen LogP contribution in [0.4, 0.5) is 4.79 Å². The third kappa shape index (κ3) is 9.85. The Hall–Kier alpha value is -2.57. The van der Waals surface area contributed by atoms with Crippen LogP contribution in [-0.2, 0) is 20.9 Å². The minimum Gasteiger partial charge on any atom is -0.445 e. The number of rotatable bonds is 11. The van der Waals surface area contributed by atoms with Crippen molar-refractivity contribution in [3.8, 4) is 0 Å². The number of carbonyl (C=O) groups excluding carboxylic acids is 3. The number of ether oxygens (including phenoxy) is 1. The van der Waals surface area contributed by atoms with Crippen molar-refractivity contribution >= 4 is 17.9 Å². The number of hydrogen-bond acceptors (Lipinski definition) is 4. The molecule has 0 saturated carbocycles. The molecule has 0 radical (unpaired) electrons. The highest BCUT2D eigenvalue weighted by Crippen LogP contribution is 2.22. The van der Waals surface area contributed by atoms with E-state index >= 15 is 0 Å². The molecule has 0 aliphatic carbocycles. The van der Waals surface area contributed by atoms with Gasteiger partial charge in [-0.25, -0.2) is 4.79 Å². The Kier molecular flexibility index (Phi) is 11.1. The number of likely N-dealkylation sites (N-methyl/N-ethyl adjacent to an activating group) is 1. The van der Waals surface area contributed by atoms with Crippen LogP contribution in [0.25, 0.3) is 0 Å². The van der Waals surface area contributed by atoms with E-state index in [9.17, 15) is 14.4 Å². The van der Waals surface area contributed by atoms with Gasteiger partial charge in [0.25, 0.3) is 0 Å². The average Bonchev–Trinajstić information content (AvgIpc) is 2.72. The molecule has 0 fully saturated rings. The van der Waals surface area contributed by atoms with Crippen molar-refractivity contribution < 1.29 is 19.1 Å². The maximum atomic E-state index is 13.0. The standard InChI is InChI=1S/C24H39N3O4/c1-7-8-10-15-19(16-25-23(30)31-17-18-13-11-9-12-14-18)21(28)26-20(24(2,3)4)22(29)27(5)6/h9,11-14,19-20H,7-8,10,15-17H2,1-6H3,(H,25,30)(H,26,28)/t19?,20-/m1/s1. The Morgan fingerprint density at radius 1 is 1.06 bits per heavy atom. The Labute approximate surface area is 186 Å². The van der Waals surface area contributed by atoms with Crippen molar-refractivity contribution in [3.05, 3.63) is 35.9 Å². The maximum Gasteiger partial charge on any atom is 0.407 e. The fourth-order valence-electron chi connectivity index (χ4n) is 3.11. The Bertz CT molecular complexity index is 699. The molecule has 0 heterocycles. The van der Waals surface area contributed by atoms with Crippen LogP contribution in [-0.4, -0.2) is 49.5 Å². The second kappa shape index (κ2) is 13.0. The van der Waals surface area contributed by atoms with E-state index in [1.807, 2.05) is 51.1 Å². The molecule has 0 spiro atoms. The lowest BCUT2D eigenvalue weighted by molar-refractivity contribution is -0.138. The molecule has 0 aromatic heterocycles. The zero-order chi connectivity index (χ0) is 23.4. The van der Waals surface area contributed by atoms with Crippen LogP contribution < -0.4 is 10.6 Å². The molecular formula is C24H39N3O4. The van der Waals surface area contributed by atoms with Gasteiger partial charge < -0.3 is 20.3 Å². The summed E-state index contributed by atoms with van der Waals surface area (Å²) in [5.41, 5.74) is 0.456. The van der Waals surface area contributed by atoms with E-state index in [2.05, 4.69) is 17.6 Å². The monoisotopic (exact) mass is 433 g/mol. The number of unbranched alkanes of at least 4 members (excludes halogenated alkanes) is 2. The summed E-state index contributed by atoms with van der Waals surface area (Å²) < 4.78 is 5.25. The van der Waals surface area contributed by atoms with Crippen molar-refractivity contribution in [2.75, 3.05) is 20.6 Å². The van der Waals surface area contributed by atoms with E-state index in [1.54, 1.807) is 14.1 Å². The first-order valence-electron chi connectivity index (χ1n) is 11.0. The predicted octanol–water partition coefficient (Wildman–Crippen LogP) is 3.73. The number of benzene rings is 1. The highest BCUT2D eigenvalue weighted by Gasteiger charge is 2.35. The summed E-state index contributed by atoms with van der Waals surface area (Å²) in [6.45, 7) is 8.19. The van der Waals surface area contributed by atoms with Crippen LogP contribution in [0.2, 0.25) is 0 Å². The van der Waals surface area contributed by atoms with Gasteiger partial charge in [0.15, 0.2) is 0 Å². The molecule has 1 aromatic rings. The molecule has 0 saturated heterocycles. The molecule has 7 nitrogen and oxygen atoms in total. The molecule has 174 valence electrons. The number of nitrogens with zero attached hydrogens (tertiary/aromatic N) is 1. The van der Waals surface area contributed by atoms with Gasteiger partial charge in [0, 0.05) is 20.6 Å². The zero-order valence-corrected chi connectivity index (χ0v) is 19.9. The van der Waals surface area contributed by atoms with E-state index in [-0.39, 0.29) is 25.0 Å². The van der Waals surface area contributed by atoms with Crippen molar-refractivity contribution in [1.82, 2.24) is 15.5 Å². The molecule has 1 unspecified atom stereocenters. The van der Waals surface area contributed by atoms with Gasteiger partial charge >= 0.3 is 6.09 Å². The average molecular weight is 434 g/mol. The van der Waals surface area contributed by atoms with Gasteiger partial charge in [-0.3, -0.25) is 9.59 Å². The molecule has 2 atom stereocenters. The lowest BCUT2D eigenvalue weighted by atomic mass is 9.85. The fraction of sp³-hybridized carbons (Fsp3) is 0.625. The quantitative estimate of drug-likeness (QED) is 0.521. The van der Waals surface area contributed by atoms with Crippen LogP contribution in [0, 0.1) is 11.3 Å². The SMILES string of the molecule is CCCCCC(CNC(=O)OCc1ccccc1)C(=O)N[C@H](C(=O)N(C)C)C(C)(C)C. The van der Waals surface area contributed by atoms with Crippen molar-refractivity contribution in [3.63, 3.8) is 0 Å². The largest absolute Gasteiger partial charge is 0.445 e. The second-order valence-corrected chi connectivity index (χ2v) is 9.18. The molecule has 0 aliphatic rings. The summed E-state index contributed by atoms with van der Waals surface area (Å²) in [7, 11) is 3.35. The van der Waals surface area contributed by atoms with Gasteiger partial charge in [0.1, 0.15) is 12.6 Å². The highest BCUT2D eigenvalue weighted by atomic mass is 16.5. The van der Waals surface area contributed by atoms with E-state index in [0.717, 1.165) is 24.8 Å². The number of alkyl carbamates (subject to hydrolysis) is 1. The molecule has 2 N–H and O–H groups in total. The summed E-state index contributed by atoms with van der Waals surface area (Å²) in [4.78, 5) is 39.3. The topological polar surface area (TPSA) is 87.7 Å². The Morgan fingerprint density at radius 2 is 1.71 bits per heavy atom. The lowest BCUT2D eigenvalue weighted by Gasteiger charge is -2.33. The first-order chi connectivity index (χ1) is 14.6. The number of amides is 3. The first kappa shape index (κ1) is 26.5. The van der Waals surface area contributed by atoms with Gasteiger partial charge in [-0.2, -0.15) is 0 Å². The number of nitrogens with one attached hydrogen (secondary N) is 2. The summed E-state index contributed by atoms with van der Waals surface area (Å²) in [5, 5.41) is 5.63. The zero-order valence-electron chi connectivity index (χ0n) is 19.9. The Morgan fingerprint density at radius 3 is 2.26 bits per heavy atom. The fourth-order valence-corrected chi connectivity index (χ4v) is 3.11. The summed E-state index contributed by atoms with van der Waals surface area (Å²) in [6, 6.07) is 8.77. The molecule has 3 amide bonds. The number of hydrogen-bond donors (Lipinski definition) is 2.